The lowest BCUT2D eigenvalue weighted by Gasteiger charge is -2.13. The third-order valence-corrected chi connectivity index (χ3v) is 2.92. The molecule has 0 aliphatic heterocycles. The van der Waals surface area contributed by atoms with Crippen molar-refractivity contribution >= 4 is 11.7 Å². The second-order valence-corrected chi connectivity index (χ2v) is 4.41. The molecular formula is C15H12FNO4. The number of hydrogen-bond donors (Lipinski definition) is 0. The summed E-state index contributed by atoms with van der Waals surface area (Å²) in [5, 5.41) is 10.7. The molecule has 0 unspecified atom stereocenters. The highest BCUT2D eigenvalue weighted by atomic mass is 19.1. The summed E-state index contributed by atoms with van der Waals surface area (Å²) in [6.45, 7) is 1.64. The molecule has 6 heteroatoms. The zero-order valence-electron chi connectivity index (χ0n) is 11.2. The van der Waals surface area contributed by atoms with Crippen molar-refractivity contribution in [2.24, 2.45) is 0 Å². The van der Waals surface area contributed by atoms with Gasteiger partial charge in [-0.1, -0.05) is 18.2 Å². The van der Waals surface area contributed by atoms with Crippen LogP contribution in [0.1, 0.15) is 28.9 Å². The third-order valence-electron chi connectivity index (χ3n) is 2.92. The van der Waals surface area contributed by atoms with Crippen molar-refractivity contribution in [2.75, 3.05) is 0 Å². The van der Waals surface area contributed by atoms with Gasteiger partial charge in [-0.3, -0.25) is 10.1 Å². The van der Waals surface area contributed by atoms with Crippen molar-refractivity contribution in [2.45, 2.75) is 13.0 Å². The average molecular weight is 289 g/mol. The monoisotopic (exact) mass is 289 g/mol. The van der Waals surface area contributed by atoms with Crippen molar-refractivity contribution in [1.29, 1.82) is 0 Å². The first-order valence-electron chi connectivity index (χ1n) is 6.18. The molecule has 21 heavy (non-hydrogen) atoms. The topological polar surface area (TPSA) is 69.4 Å². The zero-order valence-corrected chi connectivity index (χ0v) is 11.2. The molecule has 2 rings (SSSR count). The Morgan fingerprint density at radius 2 is 1.90 bits per heavy atom. The van der Waals surface area contributed by atoms with Gasteiger partial charge in [0.05, 0.1) is 10.5 Å². The van der Waals surface area contributed by atoms with Crippen LogP contribution in [0.5, 0.6) is 0 Å². The number of carbonyl (C=O) groups excluding carboxylic acids is 1. The molecule has 0 saturated carbocycles. The summed E-state index contributed by atoms with van der Waals surface area (Å²) in [5.74, 6) is -1.05. The molecule has 0 amide bonds. The quantitative estimate of drug-likeness (QED) is 0.489. The number of nitro benzene ring substituents is 1. The van der Waals surface area contributed by atoms with Gasteiger partial charge >= 0.3 is 5.97 Å². The first-order chi connectivity index (χ1) is 9.97. The van der Waals surface area contributed by atoms with E-state index in [1.54, 1.807) is 6.92 Å². The Bertz CT molecular complexity index is 670. The second kappa shape index (κ2) is 6.13. The van der Waals surface area contributed by atoms with Crippen LogP contribution in [-0.2, 0) is 4.74 Å². The van der Waals surface area contributed by atoms with Gasteiger partial charge in [0, 0.05) is 12.1 Å². The van der Waals surface area contributed by atoms with Crippen LogP contribution in [0.2, 0.25) is 0 Å². The maximum Gasteiger partial charge on any atom is 0.338 e. The highest BCUT2D eigenvalue weighted by Gasteiger charge is 2.16. The van der Waals surface area contributed by atoms with Gasteiger partial charge in [-0.05, 0) is 30.7 Å². The van der Waals surface area contributed by atoms with Crippen LogP contribution >= 0.6 is 0 Å². The van der Waals surface area contributed by atoms with Gasteiger partial charge in [0.15, 0.2) is 0 Å². The predicted molar refractivity (Wildman–Crippen MR) is 73.3 cm³/mol. The van der Waals surface area contributed by atoms with E-state index in [0.29, 0.717) is 5.56 Å². The van der Waals surface area contributed by atoms with Crippen molar-refractivity contribution < 1.29 is 18.8 Å². The molecule has 0 spiro atoms. The number of ether oxygens (including phenoxy) is 1. The minimum Gasteiger partial charge on any atom is -0.454 e. The van der Waals surface area contributed by atoms with E-state index in [-0.39, 0.29) is 17.1 Å². The number of non-ortho nitro benzene ring substituents is 1. The zero-order chi connectivity index (χ0) is 15.4. The number of esters is 1. The van der Waals surface area contributed by atoms with Gasteiger partial charge in [-0.25, -0.2) is 9.18 Å². The van der Waals surface area contributed by atoms with Crippen LogP contribution in [0.15, 0.2) is 48.5 Å². The average Bonchev–Trinajstić information content (AvgIpc) is 2.48. The number of nitrogens with zero attached hydrogens (tertiary/aromatic N) is 1. The van der Waals surface area contributed by atoms with Gasteiger partial charge in [-0.2, -0.15) is 0 Å². The molecule has 2 aromatic rings. The standard InChI is InChI=1S/C15H12FNO4/c1-10(11-5-7-13(16)8-6-11)21-15(18)12-3-2-4-14(9-12)17(19)20/h2-10H,1H3/t10-/m1/s1. The Balaban J connectivity index is 2.12. The second-order valence-electron chi connectivity index (χ2n) is 4.41. The predicted octanol–water partition coefficient (Wildman–Crippen LogP) is 3.65. The molecule has 0 saturated heterocycles. The molecule has 2 aromatic carbocycles. The lowest BCUT2D eigenvalue weighted by molar-refractivity contribution is -0.384. The molecule has 0 N–H and O–H groups in total. The summed E-state index contributed by atoms with van der Waals surface area (Å²) in [7, 11) is 0. The maximum atomic E-state index is 12.8. The Morgan fingerprint density at radius 1 is 1.24 bits per heavy atom. The van der Waals surface area contributed by atoms with Crippen molar-refractivity contribution in [1.82, 2.24) is 0 Å². The molecule has 1 atom stereocenters. The van der Waals surface area contributed by atoms with Gasteiger partial charge in [0.25, 0.3) is 5.69 Å². The largest absolute Gasteiger partial charge is 0.454 e. The molecule has 0 aliphatic carbocycles. The third kappa shape index (κ3) is 3.62. The number of carbonyl (C=O) groups is 1. The fourth-order valence-corrected chi connectivity index (χ4v) is 1.78. The molecule has 0 bridgehead atoms. The van der Waals surface area contributed by atoms with E-state index in [1.807, 2.05) is 0 Å². The van der Waals surface area contributed by atoms with E-state index >= 15 is 0 Å². The maximum absolute atomic E-state index is 12.8. The first kappa shape index (κ1) is 14.6. The SMILES string of the molecule is C[C@@H](OC(=O)c1cccc([N+](=O)[O-])c1)c1ccc(F)cc1. The summed E-state index contributed by atoms with van der Waals surface area (Å²) in [6.07, 6.45) is -0.586. The van der Waals surface area contributed by atoms with Gasteiger partial charge in [-0.15, -0.1) is 0 Å². The van der Waals surface area contributed by atoms with Crippen LogP contribution in [-0.4, -0.2) is 10.9 Å². The van der Waals surface area contributed by atoms with E-state index in [0.717, 1.165) is 6.07 Å². The number of nitro groups is 1. The van der Waals surface area contributed by atoms with Crippen molar-refractivity contribution in [3.8, 4) is 0 Å². The van der Waals surface area contributed by atoms with E-state index in [9.17, 15) is 19.3 Å². The van der Waals surface area contributed by atoms with Crippen LogP contribution in [0, 0.1) is 15.9 Å². The summed E-state index contributed by atoms with van der Waals surface area (Å²) in [5.41, 5.74) is 0.548. The molecule has 0 heterocycles. The van der Waals surface area contributed by atoms with Crippen LogP contribution in [0.3, 0.4) is 0 Å². The molecular weight excluding hydrogens is 277 g/mol. The summed E-state index contributed by atoms with van der Waals surface area (Å²) < 4.78 is 18.0. The van der Waals surface area contributed by atoms with E-state index in [2.05, 4.69) is 0 Å². The summed E-state index contributed by atoms with van der Waals surface area (Å²) in [4.78, 5) is 22.0. The molecule has 0 aliphatic rings. The van der Waals surface area contributed by atoms with Crippen LogP contribution in [0.25, 0.3) is 0 Å². The van der Waals surface area contributed by atoms with Crippen molar-refractivity contribution in [3.63, 3.8) is 0 Å². The number of hydrogen-bond acceptors (Lipinski definition) is 4. The summed E-state index contributed by atoms with van der Waals surface area (Å²) >= 11 is 0. The van der Waals surface area contributed by atoms with Gasteiger partial charge in [0.1, 0.15) is 11.9 Å². The van der Waals surface area contributed by atoms with E-state index in [4.69, 9.17) is 4.74 Å². The Labute approximate surface area is 120 Å². The lowest BCUT2D eigenvalue weighted by atomic mass is 10.1. The number of halogens is 1. The number of benzene rings is 2. The van der Waals surface area contributed by atoms with Gasteiger partial charge < -0.3 is 4.74 Å². The minimum absolute atomic E-state index is 0.0955. The Morgan fingerprint density at radius 3 is 2.52 bits per heavy atom. The first-order valence-corrected chi connectivity index (χ1v) is 6.18. The minimum atomic E-state index is -0.671. The Hall–Kier alpha value is -2.76. The normalized spacial score (nSPS) is 11.7. The van der Waals surface area contributed by atoms with Crippen molar-refractivity contribution in [3.05, 3.63) is 75.6 Å². The molecule has 5 nitrogen and oxygen atoms in total. The molecule has 0 radical (unpaired) electrons. The summed E-state index contributed by atoms with van der Waals surface area (Å²) in [6, 6.07) is 10.9. The van der Waals surface area contributed by atoms with Crippen LogP contribution < -0.4 is 0 Å². The fraction of sp³-hybridized carbons (Fsp3) is 0.133. The molecule has 0 fully saturated rings. The van der Waals surface area contributed by atoms with E-state index < -0.39 is 17.0 Å². The lowest BCUT2D eigenvalue weighted by Crippen LogP contribution is -2.09. The Kier molecular flexibility index (Phi) is 4.27. The molecule has 0 aromatic heterocycles. The van der Waals surface area contributed by atoms with Crippen LogP contribution in [0.4, 0.5) is 10.1 Å². The molecule has 108 valence electrons. The van der Waals surface area contributed by atoms with Gasteiger partial charge in [0.2, 0.25) is 0 Å². The number of rotatable bonds is 4. The smallest absolute Gasteiger partial charge is 0.338 e. The van der Waals surface area contributed by atoms with E-state index in [1.165, 1.54) is 42.5 Å². The highest BCUT2D eigenvalue weighted by Crippen LogP contribution is 2.20. The fourth-order valence-electron chi connectivity index (χ4n) is 1.78. The highest BCUT2D eigenvalue weighted by molar-refractivity contribution is 5.90.